The van der Waals surface area contributed by atoms with E-state index in [1.807, 2.05) is 31.6 Å². The molecular weight excluding hydrogens is 306 g/mol. The molecule has 3 heterocycles. The first-order chi connectivity index (χ1) is 11.7. The smallest absolute Gasteiger partial charge is 0.247 e. The molecule has 8 heteroatoms. The van der Waals surface area contributed by atoms with Crippen LogP contribution in [0.25, 0.3) is 0 Å². The van der Waals surface area contributed by atoms with Crippen molar-refractivity contribution in [3.63, 3.8) is 0 Å². The molecule has 0 aliphatic carbocycles. The number of rotatable bonds is 6. The molecule has 0 aromatic carbocycles. The molecule has 0 radical (unpaired) electrons. The maximum absolute atomic E-state index is 12.5. The highest BCUT2D eigenvalue weighted by Gasteiger charge is 2.20. The Morgan fingerprint density at radius 2 is 2.08 bits per heavy atom. The molecule has 2 N–H and O–H groups in total. The van der Waals surface area contributed by atoms with Gasteiger partial charge >= 0.3 is 0 Å². The summed E-state index contributed by atoms with van der Waals surface area (Å²) in [6, 6.07) is 5.15. The first-order valence-electron chi connectivity index (χ1n) is 7.55. The highest BCUT2D eigenvalue weighted by atomic mass is 16.2. The van der Waals surface area contributed by atoms with Crippen molar-refractivity contribution in [2.24, 2.45) is 7.05 Å². The molecule has 0 saturated heterocycles. The maximum atomic E-state index is 12.5. The van der Waals surface area contributed by atoms with Gasteiger partial charge < -0.3 is 10.6 Å². The van der Waals surface area contributed by atoms with Gasteiger partial charge in [-0.3, -0.25) is 19.1 Å². The number of hydrogen-bond acceptors (Lipinski definition) is 5. The lowest BCUT2D eigenvalue weighted by Gasteiger charge is -2.13. The second-order valence-corrected chi connectivity index (χ2v) is 5.41. The molecule has 0 aliphatic rings. The van der Waals surface area contributed by atoms with Crippen molar-refractivity contribution in [1.82, 2.24) is 29.9 Å². The zero-order valence-electron chi connectivity index (χ0n) is 13.5. The van der Waals surface area contributed by atoms with Crippen molar-refractivity contribution >= 4 is 11.7 Å². The summed E-state index contributed by atoms with van der Waals surface area (Å²) < 4.78 is 3.43. The van der Waals surface area contributed by atoms with Crippen LogP contribution < -0.4 is 10.6 Å². The summed E-state index contributed by atoms with van der Waals surface area (Å²) in [4.78, 5) is 16.4. The van der Waals surface area contributed by atoms with E-state index in [2.05, 4.69) is 25.8 Å². The fraction of sp³-hybridized carbons (Fsp3) is 0.250. The van der Waals surface area contributed by atoms with E-state index in [9.17, 15) is 4.79 Å². The Morgan fingerprint density at radius 1 is 1.29 bits per heavy atom. The number of aromatic nitrogens is 5. The molecule has 1 amide bonds. The van der Waals surface area contributed by atoms with Crippen molar-refractivity contribution in [2.75, 3.05) is 12.4 Å². The fourth-order valence-electron chi connectivity index (χ4n) is 2.43. The van der Waals surface area contributed by atoms with Crippen LogP contribution in [-0.4, -0.2) is 37.5 Å². The number of nitrogens with zero attached hydrogens (tertiary/aromatic N) is 5. The molecule has 124 valence electrons. The molecule has 8 nitrogen and oxygen atoms in total. The van der Waals surface area contributed by atoms with Crippen LogP contribution in [0.4, 0.5) is 5.82 Å². The minimum atomic E-state index is -0.482. The SMILES string of the molecule is CNC(C(=O)Nc1ccn(Cc2ccncc2)n1)c1cnn(C)c1. The average Bonchev–Trinajstić information content (AvgIpc) is 3.18. The third-order valence-corrected chi connectivity index (χ3v) is 3.59. The number of carbonyl (C=O) groups is 1. The van der Waals surface area contributed by atoms with Crippen molar-refractivity contribution in [2.45, 2.75) is 12.6 Å². The van der Waals surface area contributed by atoms with E-state index in [4.69, 9.17) is 0 Å². The first kappa shape index (κ1) is 15.9. The van der Waals surface area contributed by atoms with Crippen molar-refractivity contribution in [3.05, 3.63) is 60.3 Å². The summed E-state index contributed by atoms with van der Waals surface area (Å²) in [6.45, 7) is 0.621. The molecular formula is C16H19N7O. The van der Waals surface area contributed by atoms with Crippen LogP contribution in [0, 0.1) is 0 Å². The molecule has 1 unspecified atom stereocenters. The van der Waals surface area contributed by atoms with E-state index in [-0.39, 0.29) is 5.91 Å². The highest BCUT2D eigenvalue weighted by molar-refractivity contribution is 5.94. The van der Waals surface area contributed by atoms with E-state index in [1.165, 1.54) is 0 Å². The summed E-state index contributed by atoms with van der Waals surface area (Å²) in [5.41, 5.74) is 1.89. The topological polar surface area (TPSA) is 89.7 Å². The largest absolute Gasteiger partial charge is 0.308 e. The van der Waals surface area contributed by atoms with E-state index in [0.29, 0.717) is 12.4 Å². The Hall–Kier alpha value is -3.00. The third kappa shape index (κ3) is 3.66. The summed E-state index contributed by atoms with van der Waals surface area (Å²) in [5, 5.41) is 14.3. The number of pyridine rings is 1. The minimum absolute atomic E-state index is 0.181. The van der Waals surface area contributed by atoms with Gasteiger partial charge in [0.15, 0.2) is 5.82 Å². The second-order valence-electron chi connectivity index (χ2n) is 5.41. The quantitative estimate of drug-likeness (QED) is 0.704. The van der Waals surface area contributed by atoms with Crippen molar-refractivity contribution < 1.29 is 4.79 Å². The van der Waals surface area contributed by atoms with Crippen LogP contribution in [0.2, 0.25) is 0 Å². The van der Waals surface area contributed by atoms with Gasteiger partial charge in [0.2, 0.25) is 5.91 Å². The summed E-state index contributed by atoms with van der Waals surface area (Å²) in [5.74, 6) is 0.331. The van der Waals surface area contributed by atoms with Gasteiger partial charge in [-0.2, -0.15) is 10.2 Å². The number of carbonyl (C=O) groups excluding carboxylic acids is 1. The molecule has 3 aromatic heterocycles. The molecule has 0 aliphatic heterocycles. The monoisotopic (exact) mass is 325 g/mol. The predicted octanol–water partition coefficient (Wildman–Crippen LogP) is 0.959. The van der Waals surface area contributed by atoms with Crippen LogP contribution in [0.3, 0.4) is 0 Å². The Labute approximate surface area is 139 Å². The van der Waals surface area contributed by atoms with Crippen LogP contribution >= 0.6 is 0 Å². The molecule has 1 atom stereocenters. The Balaban J connectivity index is 1.66. The zero-order valence-corrected chi connectivity index (χ0v) is 13.5. The van der Waals surface area contributed by atoms with E-state index in [1.54, 1.807) is 41.1 Å². The predicted molar refractivity (Wildman–Crippen MR) is 89.2 cm³/mol. The van der Waals surface area contributed by atoms with Gasteiger partial charge in [-0.15, -0.1) is 0 Å². The van der Waals surface area contributed by atoms with Gasteiger partial charge in [0.05, 0.1) is 12.7 Å². The van der Waals surface area contributed by atoms with Crippen LogP contribution in [0.5, 0.6) is 0 Å². The average molecular weight is 325 g/mol. The van der Waals surface area contributed by atoms with Crippen LogP contribution in [0.1, 0.15) is 17.2 Å². The van der Waals surface area contributed by atoms with Gasteiger partial charge in [-0.25, -0.2) is 0 Å². The number of amides is 1. The molecule has 3 aromatic rings. The van der Waals surface area contributed by atoms with Gasteiger partial charge in [0.1, 0.15) is 6.04 Å². The van der Waals surface area contributed by atoms with Gasteiger partial charge in [-0.1, -0.05) is 0 Å². The lowest BCUT2D eigenvalue weighted by Crippen LogP contribution is -2.30. The molecule has 3 rings (SSSR count). The summed E-state index contributed by atoms with van der Waals surface area (Å²) in [7, 11) is 3.55. The molecule has 24 heavy (non-hydrogen) atoms. The molecule has 0 spiro atoms. The number of likely N-dealkylation sites (N-methyl/N-ethyl adjacent to an activating group) is 1. The highest BCUT2D eigenvalue weighted by Crippen LogP contribution is 2.14. The molecule has 0 fully saturated rings. The normalized spacial score (nSPS) is 12.1. The van der Waals surface area contributed by atoms with Crippen molar-refractivity contribution in [3.8, 4) is 0 Å². The third-order valence-electron chi connectivity index (χ3n) is 3.59. The van der Waals surface area contributed by atoms with Gasteiger partial charge in [0, 0.05) is 43.5 Å². The molecule has 0 saturated carbocycles. The Kier molecular flexibility index (Phi) is 4.66. The fourth-order valence-corrected chi connectivity index (χ4v) is 2.43. The maximum Gasteiger partial charge on any atom is 0.247 e. The number of anilines is 1. The first-order valence-corrected chi connectivity index (χ1v) is 7.55. The van der Waals surface area contributed by atoms with E-state index >= 15 is 0 Å². The standard InChI is InChI=1S/C16H19N7O/c1-17-15(13-9-19-22(2)11-13)16(24)20-14-5-8-23(21-14)10-12-3-6-18-7-4-12/h3-9,11,15,17H,10H2,1-2H3,(H,20,21,24). The summed E-state index contributed by atoms with van der Waals surface area (Å²) in [6.07, 6.45) is 8.79. The summed E-state index contributed by atoms with van der Waals surface area (Å²) >= 11 is 0. The lowest BCUT2D eigenvalue weighted by molar-refractivity contribution is -0.118. The lowest BCUT2D eigenvalue weighted by atomic mass is 10.1. The Morgan fingerprint density at radius 3 is 2.75 bits per heavy atom. The number of aryl methyl sites for hydroxylation is 1. The number of nitrogens with one attached hydrogen (secondary N) is 2. The van der Waals surface area contributed by atoms with E-state index in [0.717, 1.165) is 11.1 Å². The van der Waals surface area contributed by atoms with Crippen LogP contribution in [-0.2, 0) is 18.4 Å². The minimum Gasteiger partial charge on any atom is -0.308 e. The zero-order chi connectivity index (χ0) is 16.9. The Bertz CT molecular complexity index is 809. The van der Waals surface area contributed by atoms with Crippen molar-refractivity contribution in [1.29, 1.82) is 0 Å². The second kappa shape index (κ2) is 7.05. The van der Waals surface area contributed by atoms with Gasteiger partial charge in [0.25, 0.3) is 0 Å². The molecule has 0 bridgehead atoms. The van der Waals surface area contributed by atoms with Crippen LogP contribution in [0.15, 0.2) is 49.2 Å². The van der Waals surface area contributed by atoms with Gasteiger partial charge in [-0.05, 0) is 24.7 Å². The van der Waals surface area contributed by atoms with E-state index < -0.39 is 6.04 Å². The number of hydrogen-bond donors (Lipinski definition) is 2.